The Labute approximate surface area is 115 Å². The van der Waals surface area contributed by atoms with Crippen molar-refractivity contribution in [2.75, 3.05) is 0 Å². The number of pyridine rings is 1. The maximum atomic E-state index is 12.3. The number of nitrogens with zero attached hydrogens (tertiary/aromatic N) is 3. The van der Waals surface area contributed by atoms with Crippen LogP contribution in [0.15, 0.2) is 33.5 Å². The number of ketones is 1. The van der Waals surface area contributed by atoms with E-state index in [1.807, 2.05) is 6.92 Å². The molecule has 0 unspecified atom stereocenters. The highest BCUT2D eigenvalue weighted by Gasteiger charge is 2.21. The number of hydrogen-bond acceptors (Lipinski definition) is 3. The van der Waals surface area contributed by atoms with Crippen LogP contribution < -0.4 is 0 Å². The van der Waals surface area contributed by atoms with Gasteiger partial charge in [-0.25, -0.2) is 0 Å². The van der Waals surface area contributed by atoms with E-state index in [1.54, 1.807) is 29.2 Å². The Morgan fingerprint density at radius 1 is 1.41 bits per heavy atom. The number of hydrogen-bond donors (Lipinski definition) is 0. The maximum Gasteiger partial charge on any atom is 0.231 e. The van der Waals surface area contributed by atoms with Crippen LogP contribution in [-0.4, -0.2) is 20.5 Å². The molecule has 0 aliphatic heterocycles. The summed E-state index contributed by atoms with van der Waals surface area (Å²) in [6.07, 6.45) is 3.21. The molecule has 0 amide bonds. The van der Waals surface area contributed by atoms with E-state index in [0.717, 1.165) is 0 Å². The molecule has 2 aromatic heterocycles. The summed E-state index contributed by atoms with van der Waals surface area (Å²) in [5, 5.41) is 4.12. The van der Waals surface area contributed by atoms with E-state index in [9.17, 15) is 4.79 Å². The quantitative estimate of drug-likeness (QED) is 0.792. The number of rotatable bonds is 3. The first kappa shape index (κ1) is 12.4. The van der Waals surface area contributed by atoms with E-state index in [-0.39, 0.29) is 5.78 Å². The molecular formula is C11H9Br2N3O. The van der Waals surface area contributed by atoms with Crippen LogP contribution in [0.3, 0.4) is 0 Å². The van der Waals surface area contributed by atoms with Crippen molar-refractivity contribution in [1.82, 2.24) is 14.8 Å². The third-order valence-electron chi connectivity index (χ3n) is 2.28. The molecule has 0 N–H and O–H groups in total. The summed E-state index contributed by atoms with van der Waals surface area (Å²) in [6, 6.07) is 3.56. The predicted octanol–water partition coefficient (Wildman–Crippen LogP) is 3.05. The van der Waals surface area contributed by atoms with Gasteiger partial charge in [0.15, 0.2) is 0 Å². The highest BCUT2D eigenvalue weighted by molar-refractivity contribution is 9.10. The number of carbonyl (C=O) groups is 1. The summed E-state index contributed by atoms with van der Waals surface area (Å²) in [7, 11) is 0. The van der Waals surface area contributed by atoms with Crippen molar-refractivity contribution in [3.63, 3.8) is 0 Å². The van der Waals surface area contributed by atoms with E-state index in [0.29, 0.717) is 26.9 Å². The van der Waals surface area contributed by atoms with Gasteiger partial charge in [-0.2, -0.15) is 5.10 Å². The normalized spacial score (nSPS) is 10.5. The van der Waals surface area contributed by atoms with Crippen molar-refractivity contribution in [2.45, 2.75) is 13.5 Å². The molecule has 0 radical (unpaired) electrons. The van der Waals surface area contributed by atoms with Gasteiger partial charge in [-0.3, -0.25) is 14.5 Å². The summed E-state index contributed by atoms with van der Waals surface area (Å²) >= 11 is 6.66. The van der Waals surface area contributed by atoms with Gasteiger partial charge in [0.25, 0.3) is 0 Å². The van der Waals surface area contributed by atoms with Gasteiger partial charge >= 0.3 is 0 Å². The topological polar surface area (TPSA) is 47.8 Å². The molecule has 17 heavy (non-hydrogen) atoms. The SMILES string of the molecule is CCn1ncc(Br)c1C(=O)c1ncccc1Br. The lowest BCUT2D eigenvalue weighted by atomic mass is 10.2. The van der Waals surface area contributed by atoms with E-state index in [4.69, 9.17) is 0 Å². The Kier molecular flexibility index (Phi) is 3.73. The monoisotopic (exact) mass is 357 g/mol. The first-order valence-electron chi connectivity index (χ1n) is 5.01. The van der Waals surface area contributed by atoms with E-state index < -0.39 is 0 Å². The van der Waals surface area contributed by atoms with Gasteiger partial charge in [0.2, 0.25) is 5.78 Å². The van der Waals surface area contributed by atoms with Crippen LogP contribution in [0.25, 0.3) is 0 Å². The lowest BCUT2D eigenvalue weighted by molar-refractivity contribution is 0.102. The van der Waals surface area contributed by atoms with Crippen molar-refractivity contribution < 1.29 is 4.79 Å². The predicted molar refractivity (Wildman–Crippen MR) is 71.0 cm³/mol. The molecule has 0 saturated heterocycles. The average molecular weight is 359 g/mol. The van der Waals surface area contributed by atoms with Crippen LogP contribution in [0.1, 0.15) is 23.1 Å². The molecule has 0 saturated carbocycles. The fraction of sp³-hybridized carbons (Fsp3) is 0.182. The second-order valence-corrected chi connectivity index (χ2v) is 5.03. The number of halogens is 2. The van der Waals surface area contributed by atoms with Crippen molar-refractivity contribution in [1.29, 1.82) is 0 Å². The van der Waals surface area contributed by atoms with Crippen molar-refractivity contribution in [3.05, 3.63) is 44.9 Å². The van der Waals surface area contributed by atoms with Crippen molar-refractivity contribution >= 4 is 37.6 Å². The molecule has 88 valence electrons. The fourth-order valence-corrected chi connectivity index (χ4v) is 2.40. The number of carbonyl (C=O) groups excluding carboxylic acids is 1. The number of aromatic nitrogens is 3. The first-order valence-corrected chi connectivity index (χ1v) is 6.60. The standard InChI is InChI=1S/C11H9Br2N3O/c1-2-16-10(8(13)6-15-16)11(17)9-7(12)4-3-5-14-9/h3-6H,2H2,1H3. The molecule has 4 nitrogen and oxygen atoms in total. The summed E-state index contributed by atoms with van der Waals surface area (Å²) in [5.74, 6) is -0.149. The largest absolute Gasteiger partial charge is 0.285 e. The van der Waals surface area contributed by atoms with Gasteiger partial charge in [-0.1, -0.05) is 0 Å². The molecule has 2 aromatic rings. The lowest BCUT2D eigenvalue weighted by Gasteiger charge is -2.05. The first-order chi connectivity index (χ1) is 8.15. The van der Waals surface area contributed by atoms with Gasteiger partial charge in [0, 0.05) is 17.2 Å². The average Bonchev–Trinajstić information content (AvgIpc) is 2.70. The molecule has 0 fully saturated rings. The van der Waals surface area contributed by atoms with Gasteiger partial charge in [0.05, 0.1) is 10.7 Å². The molecule has 6 heteroatoms. The maximum absolute atomic E-state index is 12.3. The summed E-state index contributed by atoms with van der Waals surface area (Å²) in [5.41, 5.74) is 0.912. The third-order valence-corrected chi connectivity index (χ3v) is 3.50. The molecular weight excluding hydrogens is 350 g/mol. The third kappa shape index (κ3) is 2.32. The smallest absolute Gasteiger partial charge is 0.231 e. The highest BCUT2D eigenvalue weighted by atomic mass is 79.9. The molecule has 0 bridgehead atoms. The van der Waals surface area contributed by atoms with Gasteiger partial charge in [-0.15, -0.1) is 0 Å². The molecule has 0 atom stereocenters. The van der Waals surface area contributed by atoms with Gasteiger partial charge in [-0.05, 0) is 50.9 Å². The van der Waals surface area contributed by atoms with Crippen LogP contribution in [0, 0.1) is 0 Å². The molecule has 2 rings (SSSR count). The van der Waals surface area contributed by atoms with E-state index >= 15 is 0 Å². The Balaban J connectivity index is 2.51. The Bertz CT molecular complexity index is 566. The summed E-state index contributed by atoms with van der Waals surface area (Å²) in [6.45, 7) is 2.57. The van der Waals surface area contributed by atoms with Crippen LogP contribution in [0.4, 0.5) is 0 Å². The minimum absolute atomic E-state index is 0.149. The second-order valence-electron chi connectivity index (χ2n) is 3.32. The molecule has 0 spiro atoms. The number of aryl methyl sites for hydroxylation is 1. The van der Waals surface area contributed by atoms with Gasteiger partial charge in [0.1, 0.15) is 11.4 Å². The summed E-state index contributed by atoms with van der Waals surface area (Å²) in [4.78, 5) is 16.4. The zero-order valence-electron chi connectivity index (χ0n) is 9.02. The van der Waals surface area contributed by atoms with Crippen LogP contribution in [0.2, 0.25) is 0 Å². The fourth-order valence-electron chi connectivity index (χ4n) is 1.49. The van der Waals surface area contributed by atoms with Crippen LogP contribution >= 0.6 is 31.9 Å². The molecule has 2 heterocycles. The summed E-state index contributed by atoms with van der Waals surface area (Å²) < 4.78 is 3.01. The Hall–Kier alpha value is -1.01. The Morgan fingerprint density at radius 2 is 2.18 bits per heavy atom. The molecule has 0 aliphatic rings. The zero-order chi connectivity index (χ0) is 12.4. The van der Waals surface area contributed by atoms with Crippen molar-refractivity contribution in [3.8, 4) is 0 Å². The van der Waals surface area contributed by atoms with Crippen LogP contribution in [0.5, 0.6) is 0 Å². The van der Waals surface area contributed by atoms with Crippen molar-refractivity contribution in [2.24, 2.45) is 0 Å². The van der Waals surface area contributed by atoms with Gasteiger partial charge < -0.3 is 0 Å². The molecule has 0 aliphatic carbocycles. The van der Waals surface area contributed by atoms with Crippen LogP contribution in [-0.2, 0) is 6.54 Å². The minimum Gasteiger partial charge on any atom is -0.285 e. The zero-order valence-corrected chi connectivity index (χ0v) is 12.2. The molecule has 0 aromatic carbocycles. The highest BCUT2D eigenvalue weighted by Crippen LogP contribution is 2.22. The second kappa shape index (κ2) is 5.10. The lowest BCUT2D eigenvalue weighted by Crippen LogP contribution is -2.13. The minimum atomic E-state index is -0.149. The Morgan fingerprint density at radius 3 is 2.82 bits per heavy atom. The van der Waals surface area contributed by atoms with E-state index in [2.05, 4.69) is 41.9 Å². The van der Waals surface area contributed by atoms with E-state index in [1.165, 1.54) is 0 Å².